The van der Waals surface area contributed by atoms with Crippen LogP contribution in [0.25, 0.3) is 0 Å². The number of hydrogen-bond acceptors (Lipinski definition) is 3. The standard InChI is InChI=1S/C11H9Cl2N3O2/c1-6-2-10(18-16-6)15-11(17)14-9-4-7(12)3-8(13)5-9/h2-5H,1H3,(H2,14,15,17). The highest BCUT2D eigenvalue weighted by Gasteiger charge is 2.07. The van der Waals surface area contributed by atoms with E-state index < -0.39 is 6.03 Å². The Bertz CT molecular complexity index is 563. The number of carbonyl (C=O) groups excluding carboxylic acids is 1. The number of benzene rings is 1. The second kappa shape index (κ2) is 5.29. The molecule has 0 bridgehead atoms. The highest BCUT2D eigenvalue weighted by molar-refractivity contribution is 6.35. The van der Waals surface area contributed by atoms with Gasteiger partial charge in [0.1, 0.15) is 0 Å². The zero-order chi connectivity index (χ0) is 13.1. The van der Waals surface area contributed by atoms with Gasteiger partial charge in [-0.2, -0.15) is 0 Å². The molecule has 2 rings (SSSR count). The fourth-order valence-electron chi connectivity index (χ4n) is 1.32. The first-order valence-electron chi connectivity index (χ1n) is 5.00. The zero-order valence-corrected chi connectivity index (χ0v) is 10.8. The molecular formula is C11H9Cl2N3O2. The maximum atomic E-state index is 11.6. The summed E-state index contributed by atoms with van der Waals surface area (Å²) in [6, 6.07) is 5.87. The molecule has 1 heterocycles. The number of hydrogen-bond donors (Lipinski definition) is 2. The van der Waals surface area contributed by atoms with Crippen molar-refractivity contribution < 1.29 is 9.32 Å². The van der Waals surface area contributed by atoms with Gasteiger partial charge in [-0.1, -0.05) is 28.4 Å². The van der Waals surface area contributed by atoms with Crippen molar-refractivity contribution in [3.8, 4) is 0 Å². The van der Waals surface area contributed by atoms with Crippen LogP contribution in [0.3, 0.4) is 0 Å². The Balaban J connectivity index is 2.02. The van der Waals surface area contributed by atoms with E-state index in [4.69, 9.17) is 27.7 Å². The van der Waals surface area contributed by atoms with E-state index in [1.54, 1.807) is 31.2 Å². The normalized spacial score (nSPS) is 10.2. The Kier molecular flexibility index (Phi) is 3.74. The predicted molar refractivity (Wildman–Crippen MR) is 70.3 cm³/mol. The van der Waals surface area contributed by atoms with Gasteiger partial charge in [0.25, 0.3) is 0 Å². The monoisotopic (exact) mass is 285 g/mol. The molecule has 94 valence electrons. The van der Waals surface area contributed by atoms with Gasteiger partial charge in [0, 0.05) is 21.8 Å². The number of anilines is 2. The van der Waals surface area contributed by atoms with E-state index in [1.807, 2.05) is 0 Å². The molecule has 18 heavy (non-hydrogen) atoms. The van der Waals surface area contributed by atoms with Crippen molar-refractivity contribution in [2.45, 2.75) is 6.92 Å². The van der Waals surface area contributed by atoms with Crippen molar-refractivity contribution in [3.63, 3.8) is 0 Å². The Labute approximate surface area is 113 Å². The number of rotatable bonds is 2. The summed E-state index contributed by atoms with van der Waals surface area (Å²) in [4.78, 5) is 11.6. The minimum atomic E-state index is -0.468. The SMILES string of the molecule is Cc1cc(NC(=O)Nc2cc(Cl)cc(Cl)c2)on1. The molecule has 0 fully saturated rings. The van der Waals surface area contributed by atoms with E-state index >= 15 is 0 Å². The van der Waals surface area contributed by atoms with Gasteiger partial charge in [-0.15, -0.1) is 0 Å². The van der Waals surface area contributed by atoms with Gasteiger partial charge in [-0.3, -0.25) is 5.32 Å². The second-order valence-electron chi connectivity index (χ2n) is 3.57. The smallest absolute Gasteiger partial charge is 0.326 e. The van der Waals surface area contributed by atoms with Crippen LogP contribution < -0.4 is 10.6 Å². The van der Waals surface area contributed by atoms with Gasteiger partial charge in [-0.05, 0) is 25.1 Å². The molecule has 0 spiro atoms. The maximum absolute atomic E-state index is 11.6. The maximum Gasteiger partial charge on any atom is 0.326 e. The van der Waals surface area contributed by atoms with Gasteiger partial charge in [0.2, 0.25) is 5.88 Å². The molecule has 0 radical (unpaired) electrons. The summed E-state index contributed by atoms with van der Waals surface area (Å²) < 4.78 is 4.85. The lowest BCUT2D eigenvalue weighted by Crippen LogP contribution is -2.19. The third-order valence-corrected chi connectivity index (χ3v) is 2.42. The van der Waals surface area contributed by atoms with E-state index in [-0.39, 0.29) is 5.88 Å². The summed E-state index contributed by atoms with van der Waals surface area (Å²) in [5.41, 5.74) is 1.16. The summed E-state index contributed by atoms with van der Waals surface area (Å²) in [7, 11) is 0. The molecule has 0 aliphatic carbocycles. The van der Waals surface area contributed by atoms with Crippen LogP contribution in [0.1, 0.15) is 5.69 Å². The Hall–Kier alpha value is -1.72. The van der Waals surface area contributed by atoms with E-state index in [0.29, 0.717) is 21.4 Å². The van der Waals surface area contributed by atoms with Crippen LogP contribution in [-0.4, -0.2) is 11.2 Å². The van der Waals surface area contributed by atoms with Crippen molar-refractivity contribution in [1.29, 1.82) is 0 Å². The highest BCUT2D eigenvalue weighted by atomic mass is 35.5. The fourth-order valence-corrected chi connectivity index (χ4v) is 1.85. The van der Waals surface area contributed by atoms with Crippen molar-refractivity contribution in [2.75, 3.05) is 10.6 Å². The fraction of sp³-hybridized carbons (Fsp3) is 0.0909. The van der Waals surface area contributed by atoms with Gasteiger partial charge < -0.3 is 9.84 Å². The summed E-state index contributed by atoms with van der Waals surface area (Å²) in [5, 5.41) is 9.58. The van der Waals surface area contributed by atoms with Crippen LogP contribution in [-0.2, 0) is 0 Å². The molecule has 1 aromatic carbocycles. The molecular weight excluding hydrogens is 277 g/mol. The molecule has 2 N–H and O–H groups in total. The van der Waals surface area contributed by atoms with Crippen LogP contribution in [0.4, 0.5) is 16.4 Å². The van der Waals surface area contributed by atoms with Crippen LogP contribution in [0, 0.1) is 6.92 Å². The molecule has 0 aliphatic rings. The number of carbonyl (C=O) groups is 1. The lowest BCUT2D eigenvalue weighted by atomic mass is 10.3. The van der Waals surface area contributed by atoms with Crippen molar-refractivity contribution >= 4 is 40.8 Å². The lowest BCUT2D eigenvalue weighted by Gasteiger charge is -2.05. The largest absolute Gasteiger partial charge is 0.338 e. The topological polar surface area (TPSA) is 67.2 Å². The van der Waals surface area contributed by atoms with Gasteiger partial charge in [0.15, 0.2) is 0 Å². The van der Waals surface area contributed by atoms with Crippen molar-refractivity contribution in [3.05, 3.63) is 40.0 Å². The molecule has 5 nitrogen and oxygen atoms in total. The lowest BCUT2D eigenvalue weighted by molar-refractivity contribution is 0.261. The molecule has 2 amide bonds. The first kappa shape index (κ1) is 12.7. The molecule has 1 aromatic heterocycles. The number of urea groups is 1. The molecule has 0 saturated carbocycles. The molecule has 7 heteroatoms. The van der Waals surface area contributed by atoms with Gasteiger partial charge >= 0.3 is 6.03 Å². The summed E-state index contributed by atoms with van der Waals surface area (Å²) in [6.45, 7) is 1.75. The van der Waals surface area contributed by atoms with Gasteiger partial charge in [-0.25, -0.2) is 4.79 Å². The average molecular weight is 286 g/mol. The van der Waals surface area contributed by atoms with E-state index in [9.17, 15) is 4.79 Å². The average Bonchev–Trinajstić information content (AvgIpc) is 2.61. The van der Waals surface area contributed by atoms with Crippen molar-refractivity contribution in [1.82, 2.24) is 5.16 Å². The summed E-state index contributed by atoms with van der Waals surface area (Å²) in [6.07, 6.45) is 0. The number of aryl methyl sites for hydroxylation is 1. The third kappa shape index (κ3) is 3.38. The van der Waals surface area contributed by atoms with Crippen LogP contribution in [0.15, 0.2) is 28.8 Å². The molecule has 0 aliphatic heterocycles. The number of nitrogens with one attached hydrogen (secondary N) is 2. The third-order valence-electron chi connectivity index (χ3n) is 1.99. The molecule has 0 unspecified atom stereocenters. The molecule has 0 atom stereocenters. The van der Waals surface area contributed by atoms with E-state index in [0.717, 1.165) is 0 Å². The first-order valence-corrected chi connectivity index (χ1v) is 5.76. The quantitative estimate of drug-likeness (QED) is 0.878. The summed E-state index contributed by atoms with van der Waals surface area (Å²) in [5.74, 6) is 0.262. The molecule has 0 saturated heterocycles. The minimum Gasteiger partial charge on any atom is -0.338 e. The Morgan fingerprint density at radius 1 is 1.17 bits per heavy atom. The second-order valence-corrected chi connectivity index (χ2v) is 4.44. The van der Waals surface area contributed by atoms with Gasteiger partial charge in [0.05, 0.1) is 5.69 Å². The van der Waals surface area contributed by atoms with E-state index in [2.05, 4.69) is 15.8 Å². The number of nitrogens with zero attached hydrogens (tertiary/aromatic N) is 1. The predicted octanol–water partition coefficient (Wildman–Crippen LogP) is 3.93. The zero-order valence-electron chi connectivity index (χ0n) is 9.33. The minimum absolute atomic E-state index is 0.262. The van der Waals surface area contributed by atoms with E-state index in [1.165, 1.54) is 0 Å². The van der Waals surface area contributed by atoms with Crippen LogP contribution in [0.5, 0.6) is 0 Å². The van der Waals surface area contributed by atoms with Crippen LogP contribution in [0.2, 0.25) is 10.0 Å². The van der Waals surface area contributed by atoms with Crippen LogP contribution >= 0.6 is 23.2 Å². The summed E-state index contributed by atoms with van der Waals surface area (Å²) >= 11 is 11.6. The first-order chi connectivity index (χ1) is 8.52. The Morgan fingerprint density at radius 3 is 2.39 bits per heavy atom. The number of amides is 2. The Morgan fingerprint density at radius 2 is 1.83 bits per heavy atom. The number of aromatic nitrogens is 1. The molecule has 2 aromatic rings. The van der Waals surface area contributed by atoms with Crippen molar-refractivity contribution in [2.24, 2.45) is 0 Å². The highest BCUT2D eigenvalue weighted by Crippen LogP contribution is 2.22. The number of halogens is 2.